The number of hydrogen-bond donors (Lipinski definition) is 0. The van der Waals surface area contributed by atoms with Gasteiger partial charge < -0.3 is 18.5 Å². The molecule has 0 saturated carbocycles. The molecule has 292 valence electrons. The van der Waals surface area contributed by atoms with Crippen molar-refractivity contribution in [3.63, 3.8) is 0 Å². The smallest absolute Gasteiger partial charge is 0.330 e. The molecule has 8 heteroatoms. The van der Waals surface area contributed by atoms with Gasteiger partial charge in [-0.1, -0.05) is 168 Å². The number of carbonyl (C=O) groups excluding carboxylic acids is 2. The first kappa shape index (κ1) is 48.1. The number of hydrogen-bond acceptors (Lipinski definition) is 7. The zero-order valence-electron chi connectivity index (χ0n) is 32.9. The van der Waals surface area contributed by atoms with Crippen LogP contribution in [0.2, 0.25) is 0 Å². The van der Waals surface area contributed by atoms with E-state index in [9.17, 15) is 14.2 Å². The monoisotopic (exact) mass is 717 g/mol. The first-order valence-corrected chi connectivity index (χ1v) is 22.9. The number of ether oxygens (including phenoxy) is 2. The third-order valence-corrected chi connectivity index (χ3v) is 11.5. The number of carbonyl (C=O) groups is 2. The van der Waals surface area contributed by atoms with Gasteiger partial charge in [0, 0.05) is 12.8 Å². The molecule has 0 aliphatic heterocycles. The van der Waals surface area contributed by atoms with Gasteiger partial charge in [-0.2, -0.15) is 0 Å². The first-order valence-electron chi connectivity index (χ1n) is 21.1. The van der Waals surface area contributed by atoms with Gasteiger partial charge in [-0.15, -0.1) is 0 Å². The van der Waals surface area contributed by atoms with Gasteiger partial charge in [0.1, 0.15) is 12.7 Å². The maximum atomic E-state index is 12.9. The maximum Gasteiger partial charge on any atom is 0.330 e. The van der Waals surface area contributed by atoms with Crippen LogP contribution in [0.3, 0.4) is 0 Å². The molecule has 0 amide bonds. The lowest BCUT2D eigenvalue weighted by Gasteiger charge is -2.20. The Hall–Kier alpha value is -0.910. The quantitative estimate of drug-likeness (QED) is 0.0355. The van der Waals surface area contributed by atoms with Gasteiger partial charge in [-0.25, -0.2) is 0 Å². The molecule has 0 rings (SSSR count). The molecule has 0 aliphatic rings. The second kappa shape index (κ2) is 36.9. The molecule has 0 aromatic rings. The summed E-state index contributed by atoms with van der Waals surface area (Å²) in [5.41, 5.74) is 0. The van der Waals surface area contributed by atoms with Crippen molar-refractivity contribution in [2.24, 2.45) is 0 Å². The van der Waals surface area contributed by atoms with Crippen molar-refractivity contribution in [3.05, 3.63) is 0 Å². The molecule has 1 atom stereocenters. The maximum absolute atomic E-state index is 12.9. The van der Waals surface area contributed by atoms with E-state index in [1.54, 1.807) is 13.8 Å². The summed E-state index contributed by atoms with van der Waals surface area (Å²) >= 11 is 0. The highest BCUT2D eigenvalue weighted by Crippen LogP contribution is 2.48. The van der Waals surface area contributed by atoms with Gasteiger partial charge in [-0.3, -0.25) is 14.2 Å². The summed E-state index contributed by atoms with van der Waals surface area (Å²) in [4.78, 5) is 25.2. The van der Waals surface area contributed by atoms with E-state index in [4.69, 9.17) is 18.5 Å². The van der Waals surface area contributed by atoms with E-state index in [0.29, 0.717) is 38.9 Å². The molecule has 0 aromatic heterocycles. The Morgan fingerprint density at radius 3 is 1.18 bits per heavy atom. The van der Waals surface area contributed by atoms with Crippen LogP contribution in [0.5, 0.6) is 0 Å². The van der Waals surface area contributed by atoms with Gasteiger partial charge in [0.25, 0.3) is 0 Å². The molecule has 0 aliphatic carbocycles. The van der Waals surface area contributed by atoms with Crippen LogP contribution >= 0.6 is 7.60 Å². The minimum atomic E-state index is -3.18. The number of unbranched alkanes of at least 4 members (excludes halogenated alkanes) is 24. The van der Waals surface area contributed by atoms with Crippen molar-refractivity contribution >= 4 is 19.5 Å². The SMILES string of the molecule is CCCCCCCCCCCCCCCC(=O)OC[C@@H](CCCP(=O)(OCC)OCC)OC(=O)CCCCCCCCCCCCCCC. The van der Waals surface area contributed by atoms with E-state index in [0.717, 1.165) is 38.5 Å². The fourth-order valence-electron chi connectivity index (χ4n) is 6.33. The van der Waals surface area contributed by atoms with E-state index < -0.39 is 13.7 Å². The topological polar surface area (TPSA) is 88.1 Å². The summed E-state index contributed by atoms with van der Waals surface area (Å²) in [6.07, 6.45) is 34.1. The molecular formula is C41H81O7P. The molecule has 0 fully saturated rings. The van der Waals surface area contributed by atoms with Crippen molar-refractivity contribution in [2.75, 3.05) is 26.0 Å². The second-order valence-electron chi connectivity index (χ2n) is 14.1. The molecule has 49 heavy (non-hydrogen) atoms. The standard InChI is InChI=1S/C41H81O7P/c1-5-9-11-13-15-17-19-21-23-25-27-29-31-35-40(42)45-38-39(34-33-37-49(44,46-7-3)47-8-4)48-41(43)36-32-30-28-26-24-22-20-18-16-14-12-10-6-2/h39H,5-38H2,1-4H3/t39-/m1/s1. The van der Waals surface area contributed by atoms with Crippen LogP contribution in [-0.2, 0) is 32.7 Å². The summed E-state index contributed by atoms with van der Waals surface area (Å²) in [6, 6.07) is 0. The molecule has 0 N–H and O–H groups in total. The van der Waals surface area contributed by atoms with Crippen LogP contribution < -0.4 is 0 Å². The van der Waals surface area contributed by atoms with Gasteiger partial charge in [0.15, 0.2) is 0 Å². The molecule has 0 spiro atoms. The Labute approximate surface area is 304 Å². The normalized spacial score (nSPS) is 12.3. The molecule has 0 saturated heterocycles. The van der Waals surface area contributed by atoms with Crippen LogP contribution in [0, 0.1) is 0 Å². The van der Waals surface area contributed by atoms with Crippen LogP contribution in [-0.4, -0.2) is 44.0 Å². The van der Waals surface area contributed by atoms with Crippen LogP contribution in [0.1, 0.15) is 220 Å². The summed E-state index contributed by atoms with van der Waals surface area (Å²) in [7, 11) is -3.18. The van der Waals surface area contributed by atoms with Crippen molar-refractivity contribution in [2.45, 2.75) is 226 Å². The highest BCUT2D eigenvalue weighted by Gasteiger charge is 2.25. The Morgan fingerprint density at radius 1 is 0.469 bits per heavy atom. The van der Waals surface area contributed by atoms with Crippen LogP contribution in [0.15, 0.2) is 0 Å². The average molecular weight is 717 g/mol. The lowest BCUT2D eigenvalue weighted by molar-refractivity contribution is -0.159. The minimum absolute atomic E-state index is 0.0369. The van der Waals surface area contributed by atoms with Crippen LogP contribution in [0.4, 0.5) is 0 Å². The Morgan fingerprint density at radius 2 is 0.816 bits per heavy atom. The third kappa shape index (κ3) is 34.0. The largest absolute Gasteiger partial charge is 0.462 e. The fourth-order valence-corrected chi connectivity index (χ4v) is 8.02. The summed E-state index contributed by atoms with van der Waals surface area (Å²) in [5, 5.41) is 0. The molecular weight excluding hydrogens is 635 g/mol. The van der Waals surface area contributed by atoms with Gasteiger partial charge in [0.05, 0.1) is 19.4 Å². The second-order valence-corrected chi connectivity index (χ2v) is 16.3. The zero-order chi connectivity index (χ0) is 36.1. The van der Waals surface area contributed by atoms with Gasteiger partial charge >= 0.3 is 19.5 Å². The predicted molar refractivity (Wildman–Crippen MR) is 206 cm³/mol. The predicted octanol–water partition coefficient (Wildman–Crippen LogP) is 13.5. The molecule has 0 unspecified atom stereocenters. The van der Waals surface area contributed by atoms with Crippen molar-refractivity contribution in [3.8, 4) is 0 Å². The molecule has 0 radical (unpaired) electrons. The highest BCUT2D eigenvalue weighted by atomic mass is 31.2. The lowest BCUT2D eigenvalue weighted by atomic mass is 10.0. The summed E-state index contributed by atoms with van der Waals surface area (Å²) in [5.74, 6) is -0.492. The average Bonchev–Trinajstić information content (AvgIpc) is 3.08. The third-order valence-electron chi connectivity index (χ3n) is 9.31. The van der Waals surface area contributed by atoms with Gasteiger partial charge in [-0.05, 0) is 39.5 Å². The number of esters is 2. The highest BCUT2D eigenvalue weighted by molar-refractivity contribution is 7.53. The minimum Gasteiger partial charge on any atom is -0.462 e. The lowest BCUT2D eigenvalue weighted by Crippen LogP contribution is -2.25. The molecule has 0 bridgehead atoms. The van der Waals surface area contributed by atoms with E-state index in [2.05, 4.69) is 13.8 Å². The van der Waals surface area contributed by atoms with Crippen LogP contribution in [0.25, 0.3) is 0 Å². The van der Waals surface area contributed by atoms with Crippen molar-refractivity contribution in [1.29, 1.82) is 0 Å². The van der Waals surface area contributed by atoms with E-state index >= 15 is 0 Å². The van der Waals surface area contributed by atoms with Crippen molar-refractivity contribution in [1.82, 2.24) is 0 Å². The Kier molecular flexibility index (Phi) is 36.2. The molecule has 7 nitrogen and oxygen atoms in total. The summed E-state index contributed by atoms with van der Waals surface area (Å²) in [6.45, 7) is 8.77. The van der Waals surface area contributed by atoms with Gasteiger partial charge in [0.2, 0.25) is 0 Å². The Balaban J connectivity index is 4.31. The number of rotatable bonds is 39. The van der Waals surface area contributed by atoms with E-state index in [1.165, 1.54) is 128 Å². The molecule has 0 heterocycles. The summed E-state index contributed by atoms with van der Waals surface area (Å²) < 4.78 is 35.1. The van der Waals surface area contributed by atoms with Crippen molar-refractivity contribution < 1.29 is 32.7 Å². The zero-order valence-corrected chi connectivity index (χ0v) is 33.8. The fraction of sp³-hybridized carbons (Fsp3) is 0.951. The first-order chi connectivity index (χ1) is 23.9. The molecule has 0 aromatic carbocycles. The van der Waals surface area contributed by atoms with E-state index in [1.807, 2.05) is 0 Å². The van der Waals surface area contributed by atoms with E-state index in [-0.39, 0.29) is 24.7 Å². The Bertz CT molecular complexity index is 765.